The van der Waals surface area contributed by atoms with E-state index in [9.17, 15) is 19.5 Å². The number of likely N-dealkylation sites (tertiary alicyclic amines) is 1. The van der Waals surface area contributed by atoms with Crippen LogP contribution in [0.3, 0.4) is 0 Å². The van der Waals surface area contributed by atoms with Crippen LogP contribution in [0.15, 0.2) is 49.6 Å². The maximum atomic E-state index is 14.6. The van der Waals surface area contributed by atoms with Gasteiger partial charge in [-0.3, -0.25) is 14.4 Å². The summed E-state index contributed by atoms with van der Waals surface area (Å²) in [5.74, 6) is -2.97. The number of amides is 2. The molecule has 0 radical (unpaired) electrons. The Hall–Kier alpha value is -3.57. The lowest BCUT2D eigenvalue weighted by molar-refractivity contribution is -0.157. The Morgan fingerprint density at radius 3 is 2.80 bits per heavy atom. The lowest BCUT2D eigenvalue weighted by Gasteiger charge is -2.40. The third-order valence-corrected chi connectivity index (χ3v) is 9.04. The molecule has 41 heavy (non-hydrogen) atoms. The van der Waals surface area contributed by atoms with Crippen molar-refractivity contribution in [1.82, 2.24) is 24.8 Å². The van der Waals surface area contributed by atoms with E-state index in [0.29, 0.717) is 31.2 Å². The number of nitrogens with zero attached hydrogens (tertiary/aromatic N) is 5. The minimum absolute atomic E-state index is 0.0776. The average molecular weight is 566 g/mol. The monoisotopic (exact) mass is 565 g/mol. The van der Waals surface area contributed by atoms with Gasteiger partial charge in [0.25, 0.3) is 0 Å². The van der Waals surface area contributed by atoms with Gasteiger partial charge in [-0.25, -0.2) is 4.68 Å². The van der Waals surface area contributed by atoms with Crippen LogP contribution in [-0.2, 0) is 30.5 Å². The van der Waals surface area contributed by atoms with Crippen LogP contribution in [0, 0.1) is 17.8 Å². The number of carbonyl (C=O) groups is 3. The number of aliphatic hydroxyl groups is 1. The van der Waals surface area contributed by atoms with E-state index in [-0.39, 0.29) is 44.2 Å². The molecule has 11 heteroatoms. The van der Waals surface area contributed by atoms with Gasteiger partial charge in [0.05, 0.1) is 42.7 Å². The van der Waals surface area contributed by atoms with Crippen LogP contribution < -0.4 is 0 Å². The molecule has 0 saturated carbocycles. The van der Waals surface area contributed by atoms with Crippen molar-refractivity contribution < 1.29 is 29.0 Å². The van der Waals surface area contributed by atoms with E-state index < -0.39 is 41.6 Å². The molecule has 1 aromatic heterocycles. The number of hydrogen-bond donors (Lipinski definition) is 1. The smallest absolute Gasteiger partial charge is 0.312 e. The molecule has 1 spiro atoms. The van der Waals surface area contributed by atoms with Crippen molar-refractivity contribution in [3.05, 3.63) is 49.6 Å². The van der Waals surface area contributed by atoms with Gasteiger partial charge in [0.1, 0.15) is 23.8 Å². The van der Waals surface area contributed by atoms with Gasteiger partial charge in [-0.05, 0) is 37.3 Å². The zero-order valence-corrected chi connectivity index (χ0v) is 23.7. The summed E-state index contributed by atoms with van der Waals surface area (Å²) in [7, 11) is 0. The molecule has 11 nitrogen and oxygen atoms in total. The van der Waals surface area contributed by atoms with Gasteiger partial charge < -0.3 is 24.4 Å². The number of aromatic nitrogens is 3. The molecule has 0 aliphatic carbocycles. The highest BCUT2D eigenvalue weighted by atomic mass is 16.6. The lowest BCUT2D eigenvalue weighted by Crippen LogP contribution is -2.60. The molecule has 2 bridgehead atoms. The Labute approximate surface area is 239 Å². The Kier molecular flexibility index (Phi) is 8.28. The zero-order chi connectivity index (χ0) is 29.3. The fourth-order valence-corrected chi connectivity index (χ4v) is 6.88. The van der Waals surface area contributed by atoms with Gasteiger partial charge in [-0.15, -0.1) is 18.3 Å². The fraction of sp³-hybridized carbons (Fsp3) is 0.567. The van der Waals surface area contributed by atoms with Gasteiger partial charge in [0.15, 0.2) is 0 Å². The molecule has 3 saturated heterocycles. The van der Waals surface area contributed by atoms with Crippen molar-refractivity contribution in [2.45, 2.75) is 70.0 Å². The van der Waals surface area contributed by atoms with E-state index in [0.717, 1.165) is 5.52 Å². The molecule has 2 unspecified atom stereocenters. The third kappa shape index (κ3) is 4.74. The molecular weight excluding hydrogens is 526 g/mol. The van der Waals surface area contributed by atoms with Crippen LogP contribution >= 0.6 is 0 Å². The summed E-state index contributed by atoms with van der Waals surface area (Å²) < 4.78 is 13.7. The van der Waals surface area contributed by atoms with E-state index >= 15 is 0 Å². The van der Waals surface area contributed by atoms with Crippen LogP contribution in [0.25, 0.3) is 11.0 Å². The number of aliphatic hydroxyl groups excluding tert-OH is 1. The molecule has 3 aliphatic heterocycles. The Balaban J connectivity index is 1.54. The van der Waals surface area contributed by atoms with Crippen molar-refractivity contribution in [2.75, 3.05) is 19.8 Å². The third-order valence-electron chi connectivity index (χ3n) is 9.04. The topological polar surface area (TPSA) is 127 Å². The van der Waals surface area contributed by atoms with Crippen LogP contribution in [0.4, 0.5) is 0 Å². The SMILES string of the molecule is C=CCCOC(=O)[C@@H]1[C@@H]2CCC3(O2)C(C(=O)N(CC=C)Cn2nnc4ccccc42)N([C@@H](CO)[C@@H](C)CC)C(=O)[C@H]13. The van der Waals surface area contributed by atoms with E-state index in [1.807, 2.05) is 38.1 Å². The quantitative estimate of drug-likeness (QED) is 0.223. The highest BCUT2D eigenvalue weighted by Crippen LogP contribution is 2.59. The summed E-state index contributed by atoms with van der Waals surface area (Å²) in [6, 6.07) is 5.81. The Morgan fingerprint density at radius 1 is 1.32 bits per heavy atom. The summed E-state index contributed by atoms with van der Waals surface area (Å²) in [5, 5.41) is 19.0. The van der Waals surface area contributed by atoms with Crippen molar-refractivity contribution in [3.8, 4) is 0 Å². The molecule has 220 valence electrons. The number of fused-ring (bicyclic) bond motifs is 2. The molecule has 7 atom stereocenters. The van der Waals surface area contributed by atoms with Crippen LogP contribution in [-0.4, -0.2) is 91.2 Å². The number of para-hydroxylation sites is 1. The van der Waals surface area contributed by atoms with Crippen molar-refractivity contribution >= 4 is 28.8 Å². The minimum Gasteiger partial charge on any atom is -0.465 e. The first-order valence-corrected chi connectivity index (χ1v) is 14.4. The van der Waals surface area contributed by atoms with Crippen molar-refractivity contribution in [3.63, 3.8) is 0 Å². The second kappa shape index (κ2) is 11.7. The van der Waals surface area contributed by atoms with Gasteiger partial charge in [-0.1, -0.05) is 49.8 Å². The number of carbonyl (C=O) groups excluding carboxylic acids is 3. The normalized spacial score (nSPS) is 28.0. The maximum Gasteiger partial charge on any atom is 0.312 e. The molecule has 2 aromatic rings. The van der Waals surface area contributed by atoms with E-state index in [4.69, 9.17) is 9.47 Å². The molecule has 1 N–H and O–H groups in total. The minimum atomic E-state index is -1.20. The van der Waals surface area contributed by atoms with Crippen molar-refractivity contribution in [2.24, 2.45) is 17.8 Å². The molecule has 2 amide bonds. The Morgan fingerprint density at radius 2 is 2.10 bits per heavy atom. The number of benzene rings is 1. The molecule has 4 heterocycles. The number of rotatable bonds is 13. The van der Waals surface area contributed by atoms with Gasteiger partial charge in [0.2, 0.25) is 11.8 Å². The predicted octanol–water partition coefficient (Wildman–Crippen LogP) is 2.30. The molecular formula is C30H39N5O6. The summed E-state index contributed by atoms with van der Waals surface area (Å²) in [6.45, 7) is 11.6. The number of hydrogen-bond acceptors (Lipinski definition) is 8. The molecule has 3 fully saturated rings. The highest BCUT2D eigenvalue weighted by Gasteiger charge is 2.75. The first-order valence-electron chi connectivity index (χ1n) is 14.4. The first-order chi connectivity index (χ1) is 19.8. The molecule has 3 aliphatic rings. The highest BCUT2D eigenvalue weighted by molar-refractivity contribution is 5.98. The predicted molar refractivity (Wildman–Crippen MR) is 150 cm³/mol. The van der Waals surface area contributed by atoms with Gasteiger partial charge in [0, 0.05) is 6.54 Å². The van der Waals surface area contributed by atoms with Crippen LogP contribution in [0.5, 0.6) is 0 Å². The van der Waals surface area contributed by atoms with Gasteiger partial charge >= 0.3 is 5.97 Å². The molecule has 1 aromatic carbocycles. The molecule has 5 rings (SSSR count). The summed E-state index contributed by atoms with van der Waals surface area (Å²) >= 11 is 0. The number of ether oxygens (including phenoxy) is 2. The largest absolute Gasteiger partial charge is 0.465 e. The summed E-state index contributed by atoms with van der Waals surface area (Å²) in [6.07, 6.45) is 4.93. The standard InChI is InChI=1S/C30H39N5O6/c1-5-8-16-40-29(39)24-23-13-14-30(41-23)25(24)27(37)35(22(17-36)19(4)7-3)26(30)28(38)33(15-6-2)18-34-21-12-10-9-11-20(21)31-32-34/h5-6,9-12,19,22-26,36H,1-2,7-8,13-18H2,3-4H3/t19-,22-,23-,24+,25-,26?,30?/m0/s1. The average Bonchev–Trinajstić information content (AvgIpc) is 3.73. The maximum absolute atomic E-state index is 14.6. The second-order valence-electron chi connectivity index (χ2n) is 11.3. The Bertz CT molecular complexity index is 1330. The lowest BCUT2D eigenvalue weighted by atomic mass is 9.70. The second-order valence-corrected chi connectivity index (χ2v) is 11.3. The number of esters is 1. The zero-order valence-electron chi connectivity index (χ0n) is 23.7. The summed E-state index contributed by atoms with van der Waals surface area (Å²) in [4.78, 5) is 45.3. The van der Waals surface area contributed by atoms with E-state index in [2.05, 4.69) is 23.5 Å². The van der Waals surface area contributed by atoms with Gasteiger partial charge in [-0.2, -0.15) is 0 Å². The van der Waals surface area contributed by atoms with Crippen molar-refractivity contribution in [1.29, 1.82) is 0 Å². The first kappa shape index (κ1) is 28.9. The summed E-state index contributed by atoms with van der Waals surface area (Å²) in [5.41, 5.74) is 0.256. The fourth-order valence-electron chi connectivity index (χ4n) is 6.88. The van der Waals surface area contributed by atoms with E-state index in [1.54, 1.807) is 21.7 Å². The van der Waals surface area contributed by atoms with E-state index in [1.165, 1.54) is 4.90 Å². The van der Waals surface area contributed by atoms with Crippen LogP contribution in [0.1, 0.15) is 39.5 Å². The van der Waals surface area contributed by atoms with Crippen LogP contribution in [0.2, 0.25) is 0 Å².